The van der Waals surface area contributed by atoms with Crippen molar-refractivity contribution < 1.29 is 13.2 Å². The third-order valence-electron chi connectivity index (χ3n) is 5.40. The molecule has 1 aromatic heterocycles. The fourth-order valence-electron chi connectivity index (χ4n) is 3.79. The quantitative estimate of drug-likeness (QED) is 0.561. The topological polar surface area (TPSA) is 70.6 Å². The van der Waals surface area contributed by atoms with Crippen LogP contribution in [0.1, 0.15) is 30.5 Å². The maximum absolute atomic E-state index is 13.8. The van der Waals surface area contributed by atoms with Crippen molar-refractivity contribution in [3.8, 4) is 0 Å². The minimum atomic E-state index is -3.80. The largest absolute Gasteiger partial charge is 0.272 e. The third-order valence-corrected chi connectivity index (χ3v) is 8.27. The van der Waals surface area contributed by atoms with E-state index in [1.54, 1.807) is 29.2 Å². The van der Waals surface area contributed by atoms with Gasteiger partial charge in [0.2, 0.25) is 10.0 Å². The van der Waals surface area contributed by atoms with Gasteiger partial charge in [-0.3, -0.25) is 9.69 Å². The lowest BCUT2D eigenvalue weighted by Crippen LogP contribution is -2.52. The molecular weight excluding hydrogens is 430 g/mol. The average molecular weight is 456 g/mol. The number of rotatable bonds is 5. The van der Waals surface area contributed by atoms with Gasteiger partial charge in [0, 0.05) is 11.9 Å². The molecule has 0 bridgehead atoms. The van der Waals surface area contributed by atoms with E-state index < -0.39 is 16.1 Å². The van der Waals surface area contributed by atoms with Crippen molar-refractivity contribution in [1.29, 1.82) is 0 Å². The fraction of sp³-hybridized carbons (Fsp3) is 0.304. The summed E-state index contributed by atoms with van der Waals surface area (Å²) >= 11 is 1.38. The monoisotopic (exact) mass is 455 g/mol. The van der Waals surface area contributed by atoms with Gasteiger partial charge < -0.3 is 0 Å². The Balaban J connectivity index is 1.73. The second-order valence-corrected chi connectivity index (χ2v) is 10.4. The number of hydrogen-bond acceptors (Lipinski definition) is 5. The molecule has 1 aliphatic rings. The van der Waals surface area contributed by atoms with Gasteiger partial charge in [0.05, 0.1) is 16.3 Å². The zero-order chi connectivity index (χ0) is 22.0. The van der Waals surface area contributed by atoms with Crippen molar-refractivity contribution in [3.05, 3.63) is 71.2 Å². The Morgan fingerprint density at radius 3 is 2.42 bits per heavy atom. The van der Waals surface area contributed by atoms with Gasteiger partial charge in [-0.05, 0) is 51.0 Å². The molecule has 2 heterocycles. The smallest absolute Gasteiger partial charge is 0.251 e. The molecule has 0 saturated carbocycles. The lowest BCUT2D eigenvalue weighted by atomic mass is 10.0. The highest BCUT2D eigenvalue weighted by Gasteiger charge is 2.40. The van der Waals surface area contributed by atoms with Gasteiger partial charge in [-0.1, -0.05) is 42.3 Å². The van der Waals surface area contributed by atoms with E-state index in [1.165, 1.54) is 15.6 Å². The van der Waals surface area contributed by atoms with Crippen LogP contribution < -0.4 is 4.90 Å². The number of anilines is 2. The number of hydrogen-bond donors (Lipinski definition) is 0. The number of carbonyl (C=O) groups excluding carboxylic acids is 1. The lowest BCUT2D eigenvalue weighted by molar-refractivity contribution is -0.122. The summed E-state index contributed by atoms with van der Waals surface area (Å²) in [4.78, 5) is 20.1. The fourth-order valence-corrected chi connectivity index (χ4v) is 6.26. The molecule has 162 valence electrons. The van der Waals surface area contributed by atoms with E-state index in [9.17, 15) is 13.2 Å². The van der Waals surface area contributed by atoms with Crippen molar-refractivity contribution in [2.45, 2.75) is 44.0 Å². The van der Waals surface area contributed by atoms with E-state index in [0.717, 1.165) is 24.1 Å². The first-order chi connectivity index (χ1) is 14.9. The Kier molecular flexibility index (Phi) is 6.22. The molecule has 4 rings (SSSR count). The molecule has 0 unspecified atom stereocenters. The number of benzene rings is 2. The molecule has 3 aromatic rings. The summed E-state index contributed by atoms with van der Waals surface area (Å²) in [6.07, 6.45) is 2.02. The van der Waals surface area contributed by atoms with Crippen molar-refractivity contribution in [3.63, 3.8) is 0 Å². The highest BCUT2D eigenvalue weighted by Crippen LogP contribution is 2.33. The summed E-state index contributed by atoms with van der Waals surface area (Å²) in [7, 11) is -3.80. The van der Waals surface area contributed by atoms with Crippen molar-refractivity contribution in [2.24, 2.45) is 0 Å². The second kappa shape index (κ2) is 8.90. The SMILES string of the molecule is Cc1ccc(S(=O)(=O)N2CCCC[C@H]2C(=O)N(c2ccccc2)c2nc(C)cs2)cc1. The first-order valence-corrected chi connectivity index (χ1v) is 12.6. The molecule has 1 atom stereocenters. The van der Waals surface area contributed by atoms with Crippen LogP contribution >= 0.6 is 11.3 Å². The van der Waals surface area contributed by atoms with Gasteiger partial charge in [-0.15, -0.1) is 11.3 Å². The Bertz CT molecular complexity index is 1160. The van der Waals surface area contributed by atoms with Crippen molar-refractivity contribution in [2.75, 3.05) is 11.4 Å². The zero-order valence-corrected chi connectivity index (χ0v) is 19.2. The molecule has 6 nitrogen and oxygen atoms in total. The lowest BCUT2D eigenvalue weighted by Gasteiger charge is -2.36. The van der Waals surface area contributed by atoms with Gasteiger partial charge in [0.25, 0.3) is 5.91 Å². The van der Waals surface area contributed by atoms with E-state index in [4.69, 9.17) is 0 Å². The summed E-state index contributed by atoms with van der Waals surface area (Å²) in [6.45, 7) is 4.12. The minimum absolute atomic E-state index is 0.217. The number of thiazole rings is 1. The average Bonchev–Trinajstić information content (AvgIpc) is 3.20. The van der Waals surface area contributed by atoms with Crippen LogP contribution in [0, 0.1) is 13.8 Å². The van der Waals surface area contributed by atoms with Crippen LogP contribution in [0.15, 0.2) is 64.9 Å². The second-order valence-electron chi connectivity index (χ2n) is 7.72. The number of aromatic nitrogens is 1. The summed E-state index contributed by atoms with van der Waals surface area (Å²) in [5.74, 6) is -0.268. The number of piperidine rings is 1. The summed E-state index contributed by atoms with van der Waals surface area (Å²) in [5, 5.41) is 2.44. The standard InChI is InChI=1S/C23H25N3O3S2/c1-17-11-13-20(14-12-17)31(28,29)25-15-7-6-10-21(25)22(27)26(19-8-4-3-5-9-19)23-24-18(2)16-30-23/h3-5,8-9,11-14,16,21H,6-7,10,15H2,1-2H3/t21-/m0/s1. The molecule has 1 amide bonds. The molecule has 31 heavy (non-hydrogen) atoms. The Labute approximate surface area is 187 Å². The van der Waals surface area contributed by atoms with E-state index in [0.29, 0.717) is 23.8 Å². The van der Waals surface area contributed by atoms with Gasteiger partial charge in [0.15, 0.2) is 5.13 Å². The van der Waals surface area contributed by atoms with Gasteiger partial charge >= 0.3 is 0 Å². The number of amides is 1. The van der Waals surface area contributed by atoms with Gasteiger partial charge in [0.1, 0.15) is 6.04 Å². The van der Waals surface area contributed by atoms with E-state index in [1.807, 2.05) is 49.6 Å². The maximum Gasteiger partial charge on any atom is 0.251 e. The highest BCUT2D eigenvalue weighted by molar-refractivity contribution is 7.89. The number of carbonyl (C=O) groups is 1. The molecular formula is C23H25N3O3S2. The van der Waals surface area contributed by atoms with Gasteiger partial charge in [-0.25, -0.2) is 13.4 Å². The summed E-state index contributed by atoms with van der Waals surface area (Å²) in [5.41, 5.74) is 2.49. The summed E-state index contributed by atoms with van der Waals surface area (Å²) < 4.78 is 28.3. The van der Waals surface area contributed by atoms with E-state index in [-0.39, 0.29) is 10.8 Å². The highest BCUT2D eigenvalue weighted by atomic mass is 32.2. The molecule has 0 aliphatic carbocycles. The molecule has 0 radical (unpaired) electrons. The molecule has 8 heteroatoms. The molecule has 1 aliphatic heterocycles. The first-order valence-electron chi connectivity index (χ1n) is 10.3. The normalized spacial score (nSPS) is 17.4. The minimum Gasteiger partial charge on any atom is -0.272 e. The predicted octanol–water partition coefficient (Wildman–Crippen LogP) is 4.67. The molecule has 2 aromatic carbocycles. The predicted molar refractivity (Wildman–Crippen MR) is 123 cm³/mol. The van der Waals surface area contributed by atoms with Crippen molar-refractivity contribution >= 4 is 38.1 Å². The number of aryl methyl sites for hydroxylation is 2. The Hall–Kier alpha value is -2.55. The van der Waals surface area contributed by atoms with Crippen LogP contribution in [0.2, 0.25) is 0 Å². The van der Waals surface area contributed by atoms with Crippen molar-refractivity contribution in [1.82, 2.24) is 9.29 Å². The van der Waals surface area contributed by atoms with Crippen LogP contribution in [-0.2, 0) is 14.8 Å². The summed E-state index contributed by atoms with van der Waals surface area (Å²) in [6, 6.07) is 15.3. The van der Waals surface area contributed by atoms with Crippen LogP contribution in [0.4, 0.5) is 10.8 Å². The molecule has 1 saturated heterocycles. The Morgan fingerprint density at radius 1 is 1.06 bits per heavy atom. The van der Waals surface area contributed by atoms with E-state index >= 15 is 0 Å². The number of sulfonamides is 1. The zero-order valence-electron chi connectivity index (χ0n) is 17.6. The van der Waals surface area contributed by atoms with E-state index in [2.05, 4.69) is 4.98 Å². The number of nitrogens with zero attached hydrogens (tertiary/aromatic N) is 3. The molecule has 0 spiro atoms. The van der Waals surface area contributed by atoms with Gasteiger partial charge in [-0.2, -0.15) is 4.31 Å². The van der Waals surface area contributed by atoms with Crippen LogP contribution in [0.3, 0.4) is 0 Å². The number of para-hydroxylation sites is 1. The molecule has 0 N–H and O–H groups in total. The third kappa shape index (κ3) is 4.42. The van der Waals surface area contributed by atoms with Crippen LogP contribution in [-0.4, -0.2) is 36.2 Å². The Morgan fingerprint density at radius 2 is 1.77 bits per heavy atom. The maximum atomic E-state index is 13.8. The molecule has 1 fully saturated rings. The van der Waals surface area contributed by atoms with Crippen LogP contribution in [0.25, 0.3) is 0 Å². The first kappa shape index (κ1) is 21.7. The van der Waals surface area contributed by atoms with Crippen LogP contribution in [0.5, 0.6) is 0 Å².